The Kier molecular flexibility index (Phi) is 5.76. The van der Waals surface area contributed by atoms with Crippen molar-refractivity contribution in [3.8, 4) is 11.5 Å². The first-order valence-electron chi connectivity index (χ1n) is 9.90. The van der Waals surface area contributed by atoms with E-state index in [9.17, 15) is 14.4 Å². The molecule has 8 heteroatoms. The minimum absolute atomic E-state index is 0.0213. The molecule has 0 saturated carbocycles. The number of carbonyl (C=O) groups excluding carboxylic acids is 3. The zero-order chi connectivity index (χ0) is 22.7. The summed E-state index contributed by atoms with van der Waals surface area (Å²) in [5.41, 5.74) is 4.78. The molecule has 4 rings (SSSR count). The molecule has 0 bridgehead atoms. The van der Waals surface area contributed by atoms with Crippen molar-refractivity contribution in [3.63, 3.8) is 0 Å². The van der Waals surface area contributed by atoms with E-state index < -0.39 is 17.8 Å². The highest BCUT2D eigenvalue weighted by Gasteiger charge is 2.34. The van der Waals surface area contributed by atoms with Crippen molar-refractivity contribution in [3.05, 3.63) is 83.3 Å². The van der Waals surface area contributed by atoms with Gasteiger partial charge in [-0.15, -0.1) is 0 Å². The van der Waals surface area contributed by atoms with E-state index >= 15 is 0 Å². The van der Waals surface area contributed by atoms with Crippen molar-refractivity contribution in [1.82, 2.24) is 5.43 Å². The van der Waals surface area contributed by atoms with Crippen molar-refractivity contribution in [1.29, 1.82) is 0 Å². The third-order valence-corrected chi connectivity index (χ3v) is 4.92. The third kappa shape index (κ3) is 4.11. The number of rotatable bonds is 6. The van der Waals surface area contributed by atoms with Gasteiger partial charge in [-0.25, -0.2) is 9.80 Å². The molecule has 1 N–H and O–H groups in total. The molecule has 0 spiro atoms. The Morgan fingerprint density at radius 3 is 2.53 bits per heavy atom. The van der Waals surface area contributed by atoms with Crippen molar-refractivity contribution in [2.24, 2.45) is 0 Å². The number of esters is 1. The predicted octanol–water partition coefficient (Wildman–Crippen LogP) is 3.53. The molecule has 3 aromatic rings. The molecule has 2 amide bonds. The lowest BCUT2D eigenvalue weighted by Gasteiger charge is -2.14. The third-order valence-electron chi connectivity index (χ3n) is 4.92. The van der Waals surface area contributed by atoms with Gasteiger partial charge in [0.25, 0.3) is 11.8 Å². The van der Waals surface area contributed by atoms with Gasteiger partial charge in [0.15, 0.2) is 11.5 Å². The number of ether oxygens (including phenoxy) is 2. The fourth-order valence-corrected chi connectivity index (χ4v) is 3.19. The monoisotopic (exact) mass is 432 g/mol. The van der Waals surface area contributed by atoms with Gasteiger partial charge in [0.2, 0.25) is 5.76 Å². The standard InChI is InChI=1S/C24H20N2O6/c1-3-15-6-9-17(10-7-15)26-23(28)18(22(27)25-26)13-16-8-11-19(21(14-16)30-2)32-24(29)20-5-4-12-31-20/h4-14H,3H2,1-2H3,(H,25,27)/b18-13-. The zero-order valence-corrected chi connectivity index (χ0v) is 17.5. The van der Waals surface area contributed by atoms with Crippen molar-refractivity contribution in [2.45, 2.75) is 13.3 Å². The Morgan fingerprint density at radius 2 is 1.88 bits per heavy atom. The maximum absolute atomic E-state index is 12.8. The van der Waals surface area contributed by atoms with Crippen LogP contribution in [0.15, 0.2) is 70.9 Å². The summed E-state index contributed by atoms with van der Waals surface area (Å²) in [4.78, 5) is 37.4. The van der Waals surface area contributed by atoms with Crippen LogP contribution in [0.1, 0.15) is 28.6 Å². The van der Waals surface area contributed by atoms with E-state index in [0.29, 0.717) is 11.3 Å². The van der Waals surface area contributed by atoms with Gasteiger partial charge < -0.3 is 13.9 Å². The smallest absolute Gasteiger partial charge is 0.379 e. The Bertz CT molecular complexity index is 1200. The minimum atomic E-state index is -0.672. The number of carbonyl (C=O) groups is 3. The number of aryl methyl sites for hydroxylation is 1. The molecule has 1 aliphatic heterocycles. The van der Waals surface area contributed by atoms with E-state index in [1.54, 1.807) is 30.3 Å². The fraction of sp³-hybridized carbons (Fsp3) is 0.125. The number of amides is 2. The number of hydrazine groups is 1. The van der Waals surface area contributed by atoms with E-state index in [-0.39, 0.29) is 22.8 Å². The van der Waals surface area contributed by atoms with Gasteiger partial charge in [-0.2, -0.15) is 0 Å². The summed E-state index contributed by atoms with van der Waals surface area (Å²) < 4.78 is 15.6. The van der Waals surface area contributed by atoms with E-state index in [1.807, 2.05) is 19.1 Å². The molecule has 0 aliphatic carbocycles. The summed E-state index contributed by atoms with van der Waals surface area (Å²) in [6, 6.07) is 15.1. The van der Waals surface area contributed by atoms with Gasteiger partial charge in [-0.05, 0) is 60.0 Å². The number of benzene rings is 2. The quantitative estimate of drug-likeness (QED) is 0.277. The van der Waals surface area contributed by atoms with Gasteiger partial charge in [-0.1, -0.05) is 25.1 Å². The Hall–Kier alpha value is -4.33. The number of hydrogen-bond acceptors (Lipinski definition) is 6. The SMILES string of the molecule is CCc1ccc(N2NC(=O)/C(=C/c3ccc(OC(=O)c4ccco4)c(OC)c3)C2=O)cc1. The van der Waals surface area contributed by atoms with Crippen molar-refractivity contribution >= 4 is 29.5 Å². The molecule has 162 valence electrons. The van der Waals surface area contributed by atoms with Crippen LogP contribution in [0.5, 0.6) is 11.5 Å². The van der Waals surface area contributed by atoms with Crippen LogP contribution < -0.4 is 19.9 Å². The minimum Gasteiger partial charge on any atom is -0.493 e. The number of furan rings is 1. The molecule has 0 atom stereocenters. The summed E-state index contributed by atoms with van der Waals surface area (Å²) in [5, 5.41) is 1.21. The Morgan fingerprint density at radius 1 is 1.09 bits per heavy atom. The first kappa shape index (κ1) is 20.9. The summed E-state index contributed by atoms with van der Waals surface area (Å²) >= 11 is 0. The van der Waals surface area contributed by atoms with Crippen LogP contribution >= 0.6 is 0 Å². The first-order valence-corrected chi connectivity index (χ1v) is 9.90. The van der Waals surface area contributed by atoms with Crippen LogP contribution in [0.2, 0.25) is 0 Å². The normalized spacial score (nSPS) is 14.6. The molecule has 1 aromatic heterocycles. The summed E-state index contributed by atoms with van der Waals surface area (Å²) in [7, 11) is 1.42. The molecule has 8 nitrogen and oxygen atoms in total. The molecular formula is C24H20N2O6. The highest BCUT2D eigenvalue weighted by molar-refractivity contribution is 6.31. The molecule has 32 heavy (non-hydrogen) atoms. The van der Waals surface area contributed by atoms with E-state index in [4.69, 9.17) is 13.9 Å². The summed E-state index contributed by atoms with van der Waals surface area (Å²) in [6.07, 6.45) is 3.70. The van der Waals surface area contributed by atoms with Crippen LogP contribution in [-0.4, -0.2) is 24.9 Å². The highest BCUT2D eigenvalue weighted by atomic mass is 16.6. The maximum Gasteiger partial charge on any atom is 0.379 e. The molecule has 0 radical (unpaired) electrons. The second kappa shape index (κ2) is 8.81. The van der Waals surface area contributed by atoms with E-state index in [0.717, 1.165) is 12.0 Å². The fourth-order valence-electron chi connectivity index (χ4n) is 3.19. The lowest BCUT2D eigenvalue weighted by atomic mass is 10.1. The molecular weight excluding hydrogens is 412 g/mol. The van der Waals surface area contributed by atoms with Gasteiger partial charge in [0.05, 0.1) is 19.1 Å². The van der Waals surface area contributed by atoms with Crippen LogP contribution in [-0.2, 0) is 16.0 Å². The average Bonchev–Trinajstić information content (AvgIpc) is 3.45. The molecule has 1 aliphatic rings. The second-order valence-electron chi connectivity index (χ2n) is 6.94. The maximum atomic E-state index is 12.8. The van der Waals surface area contributed by atoms with Gasteiger partial charge >= 0.3 is 5.97 Å². The number of nitrogens with one attached hydrogen (secondary N) is 1. The number of anilines is 1. The summed E-state index contributed by atoms with van der Waals surface area (Å²) in [5.74, 6) is -1.16. The molecule has 2 heterocycles. The molecule has 1 fully saturated rings. The average molecular weight is 432 g/mol. The molecule has 2 aromatic carbocycles. The predicted molar refractivity (Wildman–Crippen MR) is 116 cm³/mol. The topological polar surface area (TPSA) is 98.1 Å². The highest BCUT2D eigenvalue weighted by Crippen LogP contribution is 2.30. The van der Waals surface area contributed by atoms with Gasteiger partial charge in [0, 0.05) is 0 Å². The molecule has 1 saturated heterocycles. The Balaban J connectivity index is 1.56. The number of hydrogen-bond donors (Lipinski definition) is 1. The van der Waals surface area contributed by atoms with Crippen LogP contribution in [0.4, 0.5) is 5.69 Å². The summed E-state index contributed by atoms with van der Waals surface area (Å²) in [6.45, 7) is 2.04. The van der Waals surface area contributed by atoms with Crippen LogP contribution in [0.3, 0.4) is 0 Å². The molecule has 0 unspecified atom stereocenters. The second-order valence-corrected chi connectivity index (χ2v) is 6.94. The number of methoxy groups -OCH3 is 1. The van der Waals surface area contributed by atoms with Crippen LogP contribution in [0, 0.1) is 0 Å². The van der Waals surface area contributed by atoms with E-state index in [1.165, 1.54) is 36.6 Å². The lowest BCUT2D eigenvalue weighted by molar-refractivity contribution is -0.117. The van der Waals surface area contributed by atoms with Gasteiger partial charge in [-0.3, -0.25) is 15.0 Å². The Labute approximate surface area is 184 Å². The van der Waals surface area contributed by atoms with E-state index in [2.05, 4.69) is 5.43 Å². The lowest BCUT2D eigenvalue weighted by Crippen LogP contribution is -2.35. The van der Waals surface area contributed by atoms with Gasteiger partial charge in [0.1, 0.15) is 5.57 Å². The van der Waals surface area contributed by atoms with Crippen molar-refractivity contribution < 1.29 is 28.3 Å². The largest absolute Gasteiger partial charge is 0.493 e. The first-order chi connectivity index (χ1) is 15.5. The van der Waals surface area contributed by atoms with Crippen LogP contribution in [0.25, 0.3) is 6.08 Å². The zero-order valence-electron chi connectivity index (χ0n) is 17.5. The van der Waals surface area contributed by atoms with Crippen molar-refractivity contribution in [2.75, 3.05) is 12.1 Å². The number of nitrogens with zero attached hydrogens (tertiary/aromatic N) is 1.